The minimum atomic E-state index is 0.423. The number of hydrogen-bond acceptors (Lipinski definition) is 3. The lowest BCUT2D eigenvalue weighted by Crippen LogP contribution is -2.30. The van der Waals surface area contributed by atoms with E-state index in [0.29, 0.717) is 11.1 Å². The van der Waals surface area contributed by atoms with E-state index >= 15 is 0 Å². The molecule has 1 heterocycles. The molecule has 1 fully saturated rings. The summed E-state index contributed by atoms with van der Waals surface area (Å²) in [5.74, 6) is 3.05. The Kier molecular flexibility index (Phi) is 3.78. The van der Waals surface area contributed by atoms with Crippen LogP contribution in [0, 0.1) is 0 Å². The summed E-state index contributed by atoms with van der Waals surface area (Å²) in [7, 11) is 1.63. The predicted molar refractivity (Wildman–Crippen MR) is 66.1 cm³/mol. The van der Waals surface area contributed by atoms with Crippen LogP contribution in [0.25, 0.3) is 0 Å². The first kappa shape index (κ1) is 11.1. The third-order valence-electron chi connectivity index (χ3n) is 2.50. The fourth-order valence-corrected chi connectivity index (χ4v) is 2.92. The number of rotatable bonds is 2. The molecular formula is C11H14ClNOS. The van der Waals surface area contributed by atoms with E-state index in [0.717, 1.165) is 18.0 Å². The van der Waals surface area contributed by atoms with Crippen molar-refractivity contribution in [3.63, 3.8) is 0 Å². The van der Waals surface area contributed by atoms with Crippen molar-refractivity contribution >= 4 is 23.4 Å². The van der Waals surface area contributed by atoms with Gasteiger partial charge < -0.3 is 10.1 Å². The molecule has 1 aliphatic rings. The van der Waals surface area contributed by atoms with Crippen LogP contribution in [-0.4, -0.2) is 25.2 Å². The second-order valence-corrected chi connectivity index (χ2v) is 5.03. The zero-order chi connectivity index (χ0) is 10.7. The van der Waals surface area contributed by atoms with Crippen LogP contribution in [0.2, 0.25) is 5.02 Å². The fourth-order valence-electron chi connectivity index (χ4n) is 1.68. The first-order chi connectivity index (χ1) is 7.31. The van der Waals surface area contributed by atoms with E-state index in [2.05, 4.69) is 11.4 Å². The van der Waals surface area contributed by atoms with E-state index in [1.807, 2.05) is 23.9 Å². The number of methoxy groups -OCH3 is 1. The van der Waals surface area contributed by atoms with E-state index in [4.69, 9.17) is 16.3 Å². The maximum Gasteiger partial charge on any atom is 0.137 e. The highest BCUT2D eigenvalue weighted by Gasteiger charge is 2.15. The molecule has 2 nitrogen and oxygen atoms in total. The van der Waals surface area contributed by atoms with Gasteiger partial charge in [-0.3, -0.25) is 0 Å². The monoisotopic (exact) mass is 243 g/mol. The van der Waals surface area contributed by atoms with E-state index in [1.54, 1.807) is 7.11 Å². The van der Waals surface area contributed by atoms with Gasteiger partial charge in [-0.15, -0.1) is 0 Å². The van der Waals surface area contributed by atoms with Gasteiger partial charge in [0.2, 0.25) is 0 Å². The summed E-state index contributed by atoms with van der Waals surface area (Å²) in [5, 5.41) is 4.17. The summed E-state index contributed by atoms with van der Waals surface area (Å²) < 4.78 is 5.13. The molecular weight excluding hydrogens is 230 g/mol. The minimum absolute atomic E-state index is 0.423. The number of thioether (sulfide) groups is 1. The molecule has 1 unspecified atom stereocenters. The minimum Gasteiger partial charge on any atom is -0.495 e. The van der Waals surface area contributed by atoms with Crippen molar-refractivity contribution in [1.82, 2.24) is 5.32 Å². The van der Waals surface area contributed by atoms with Gasteiger partial charge in [-0.05, 0) is 17.7 Å². The van der Waals surface area contributed by atoms with Gasteiger partial charge >= 0.3 is 0 Å². The lowest BCUT2D eigenvalue weighted by Gasteiger charge is -2.23. The van der Waals surface area contributed by atoms with Gasteiger partial charge in [0.25, 0.3) is 0 Å². The SMILES string of the molecule is COc1ccc(C2CSCCN2)cc1Cl. The van der Waals surface area contributed by atoms with Gasteiger partial charge in [0, 0.05) is 24.1 Å². The van der Waals surface area contributed by atoms with E-state index in [1.165, 1.54) is 11.3 Å². The summed E-state index contributed by atoms with van der Waals surface area (Å²) in [6.07, 6.45) is 0. The van der Waals surface area contributed by atoms with E-state index in [-0.39, 0.29) is 0 Å². The molecule has 0 bridgehead atoms. The van der Waals surface area contributed by atoms with Crippen LogP contribution in [0.15, 0.2) is 18.2 Å². The first-order valence-electron chi connectivity index (χ1n) is 4.96. The van der Waals surface area contributed by atoms with Gasteiger partial charge in [0.05, 0.1) is 12.1 Å². The third kappa shape index (κ3) is 2.60. The Morgan fingerprint density at radius 2 is 2.40 bits per heavy atom. The fraction of sp³-hybridized carbons (Fsp3) is 0.455. The summed E-state index contributed by atoms with van der Waals surface area (Å²) in [5.41, 5.74) is 1.24. The molecule has 15 heavy (non-hydrogen) atoms. The quantitative estimate of drug-likeness (QED) is 0.863. The largest absolute Gasteiger partial charge is 0.495 e. The molecule has 1 aromatic carbocycles. The van der Waals surface area contributed by atoms with Gasteiger partial charge in [0.1, 0.15) is 5.75 Å². The van der Waals surface area contributed by atoms with Gasteiger partial charge in [-0.2, -0.15) is 11.8 Å². The molecule has 0 radical (unpaired) electrons. The topological polar surface area (TPSA) is 21.3 Å². The average molecular weight is 244 g/mol. The van der Waals surface area contributed by atoms with E-state index in [9.17, 15) is 0 Å². The molecule has 0 aromatic heterocycles. The van der Waals surface area contributed by atoms with Crippen LogP contribution >= 0.6 is 23.4 Å². The first-order valence-corrected chi connectivity index (χ1v) is 6.49. The number of benzene rings is 1. The van der Waals surface area contributed by atoms with Crippen molar-refractivity contribution in [3.05, 3.63) is 28.8 Å². The number of halogens is 1. The molecule has 0 spiro atoms. The Morgan fingerprint density at radius 1 is 1.53 bits per heavy atom. The van der Waals surface area contributed by atoms with Crippen LogP contribution in [0.1, 0.15) is 11.6 Å². The van der Waals surface area contributed by atoms with Gasteiger partial charge in [-0.25, -0.2) is 0 Å². The van der Waals surface area contributed by atoms with Crippen LogP contribution in [0.3, 0.4) is 0 Å². The normalized spacial score (nSPS) is 21.3. The molecule has 0 aliphatic carbocycles. The van der Waals surface area contributed by atoms with E-state index < -0.39 is 0 Å². The molecule has 0 amide bonds. The van der Waals surface area contributed by atoms with Crippen LogP contribution < -0.4 is 10.1 Å². The second-order valence-electron chi connectivity index (χ2n) is 3.48. The third-order valence-corrected chi connectivity index (χ3v) is 3.86. The molecule has 1 atom stereocenters. The Bertz CT molecular complexity index is 339. The summed E-state index contributed by atoms with van der Waals surface area (Å²) in [6, 6.07) is 6.42. The average Bonchev–Trinajstić information content (AvgIpc) is 2.30. The molecule has 1 saturated heterocycles. The smallest absolute Gasteiger partial charge is 0.137 e. The standard InChI is InChI=1S/C11H14ClNOS/c1-14-11-3-2-8(6-9(11)12)10-7-15-5-4-13-10/h2-3,6,10,13H,4-5,7H2,1H3. The Balaban J connectivity index is 2.17. The maximum absolute atomic E-state index is 6.09. The molecule has 1 N–H and O–H groups in total. The predicted octanol–water partition coefficient (Wildman–Crippen LogP) is 2.73. The van der Waals surface area contributed by atoms with Crippen LogP contribution in [-0.2, 0) is 0 Å². The molecule has 2 rings (SSSR count). The molecule has 1 aliphatic heterocycles. The van der Waals surface area contributed by atoms with Crippen molar-refractivity contribution in [2.45, 2.75) is 6.04 Å². The zero-order valence-corrected chi connectivity index (χ0v) is 10.2. The molecule has 82 valence electrons. The number of hydrogen-bond donors (Lipinski definition) is 1. The van der Waals surface area contributed by atoms with Crippen molar-refractivity contribution < 1.29 is 4.74 Å². The van der Waals surface area contributed by atoms with Gasteiger partial charge in [-0.1, -0.05) is 17.7 Å². The lowest BCUT2D eigenvalue weighted by atomic mass is 10.1. The Labute approximate surface area is 99.3 Å². The van der Waals surface area contributed by atoms with Crippen molar-refractivity contribution in [3.8, 4) is 5.75 Å². The highest BCUT2D eigenvalue weighted by atomic mass is 35.5. The highest BCUT2D eigenvalue weighted by molar-refractivity contribution is 7.99. The van der Waals surface area contributed by atoms with Crippen molar-refractivity contribution in [2.75, 3.05) is 25.2 Å². The second kappa shape index (κ2) is 5.10. The molecule has 0 saturated carbocycles. The van der Waals surface area contributed by atoms with Gasteiger partial charge in [0.15, 0.2) is 0 Å². The summed E-state index contributed by atoms with van der Waals surface area (Å²) >= 11 is 8.07. The maximum atomic E-state index is 6.09. The van der Waals surface area contributed by atoms with Crippen LogP contribution in [0.5, 0.6) is 5.75 Å². The Hall–Kier alpha value is -0.380. The van der Waals surface area contributed by atoms with Crippen molar-refractivity contribution in [1.29, 1.82) is 0 Å². The van der Waals surface area contributed by atoms with Crippen LogP contribution in [0.4, 0.5) is 0 Å². The Morgan fingerprint density at radius 3 is 3.00 bits per heavy atom. The number of ether oxygens (including phenoxy) is 1. The van der Waals surface area contributed by atoms with Crippen molar-refractivity contribution in [2.24, 2.45) is 0 Å². The summed E-state index contributed by atoms with van der Waals surface area (Å²) in [4.78, 5) is 0. The summed E-state index contributed by atoms with van der Waals surface area (Å²) in [6.45, 7) is 1.07. The zero-order valence-electron chi connectivity index (χ0n) is 8.63. The molecule has 1 aromatic rings. The highest BCUT2D eigenvalue weighted by Crippen LogP contribution is 2.29. The molecule has 4 heteroatoms. The lowest BCUT2D eigenvalue weighted by molar-refractivity contribution is 0.414. The number of nitrogens with one attached hydrogen (secondary N) is 1.